The number of H-pyrrole nitrogens is 1. The van der Waals surface area contributed by atoms with E-state index in [0.29, 0.717) is 30.2 Å². The molecule has 0 saturated heterocycles. The van der Waals surface area contributed by atoms with Crippen molar-refractivity contribution in [2.45, 2.75) is 13.1 Å². The summed E-state index contributed by atoms with van der Waals surface area (Å²) >= 11 is 0. The summed E-state index contributed by atoms with van der Waals surface area (Å²) in [5.41, 5.74) is 10.1. The van der Waals surface area contributed by atoms with Crippen LogP contribution < -0.4 is 5.32 Å². The fourth-order valence-corrected chi connectivity index (χ4v) is 2.65. The Balaban J connectivity index is 1.60. The summed E-state index contributed by atoms with van der Waals surface area (Å²) in [5.74, 6) is 0.553. The van der Waals surface area contributed by atoms with Crippen LogP contribution in [0.15, 0.2) is 42.0 Å². The maximum absolute atomic E-state index is 9.00. The maximum Gasteiger partial charge on any atom is 0.216 e. The lowest BCUT2D eigenvalue weighted by atomic mass is 10.2. The van der Waals surface area contributed by atoms with Gasteiger partial charge in [0.15, 0.2) is 11.5 Å². The number of pyridine rings is 1. The van der Waals surface area contributed by atoms with Gasteiger partial charge in [0.25, 0.3) is 0 Å². The molecule has 11 heteroatoms. The molecule has 0 unspecified atom stereocenters. The molecule has 4 aromatic heterocycles. The Bertz CT molecular complexity index is 1090. The number of aromatic nitrogens is 7. The molecule has 0 radical (unpaired) electrons. The fraction of sp³-hybridized carbons (Fsp3) is 0.188. The highest BCUT2D eigenvalue weighted by molar-refractivity contribution is 5.77. The first-order chi connectivity index (χ1) is 13.3. The van der Waals surface area contributed by atoms with Gasteiger partial charge in [-0.1, -0.05) is 0 Å². The molecule has 0 saturated carbocycles. The van der Waals surface area contributed by atoms with E-state index in [4.69, 9.17) is 10.6 Å². The van der Waals surface area contributed by atoms with Crippen molar-refractivity contribution in [2.75, 3.05) is 11.9 Å². The van der Waals surface area contributed by atoms with Crippen molar-refractivity contribution in [2.24, 2.45) is 5.11 Å². The molecule has 0 bridgehead atoms. The van der Waals surface area contributed by atoms with E-state index in [9.17, 15) is 0 Å². The van der Waals surface area contributed by atoms with Gasteiger partial charge in [0, 0.05) is 23.3 Å². The number of fused-ring (bicyclic) bond motifs is 1. The lowest BCUT2D eigenvalue weighted by Gasteiger charge is -2.07. The number of hydrogen-bond acceptors (Lipinski definition) is 9. The van der Waals surface area contributed by atoms with Gasteiger partial charge in [0.2, 0.25) is 5.82 Å². The van der Waals surface area contributed by atoms with Crippen LogP contribution in [0.2, 0.25) is 0 Å². The Morgan fingerprint density at radius 1 is 1.30 bits per heavy atom. The third-order valence-electron chi connectivity index (χ3n) is 3.96. The first-order valence-corrected chi connectivity index (χ1v) is 8.18. The molecule has 0 spiro atoms. The van der Waals surface area contributed by atoms with Crippen molar-refractivity contribution in [3.05, 3.63) is 42.6 Å². The molecule has 0 atom stereocenters. The van der Waals surface area contributed by atoms with Crippen molar-refractivity contribution in [3.8, 4) is 11.3 Å². The van der Waals surface area contributed by atoms with Crippen molar-refractivity contribution in [1.82, 2.24) is 34.9 Å². The van der Waals surface area contributed by atoms with Crippen LogP contribution in [-0.4, -0.2) is 46.6 Å². The lowest BCUT2D eigenvalue weighted by Crippen LogP contribution is -2.04. The van der Waals surface area contributed by atoms with Gasteiger partial charge in [-0.15, -0.1) is 5.11 Å². The SMILES string of the molecule is N=Nc1ncc(-c2cnn(CCO)c2)nc1NCc1n[nH]c2ncccc12. The van der Waals surface area contributed by atoms with E-state index in [1.54, 1.807) is 23.3 Å². The minimum Gasteiger partial charge on any atom is -0.394 e. The van der Waals surface area contributed by atoms with Crippen molar-refractivity contribution < 1.29 is 5.11 Å². The highest BCUT2D eigenvalue weighted by Gasteiger charge is 2.12. The first-order valence-electron chi connectivity index (χ1n) is 8.18. The van der Waals surface area contributed by atoms with Crippen LogP contribution in [0.3, 0.4) is 0 Å². The zero-order chi connectivity index (χ0) is 18.6. The second-order valence-corrected chi connectivity index (χ2v) is 5.68. The van der Waals surface area contributed by atoms with Crippen LogP contribution in [0, 0.1) is 5.53 Å². The third-order valence-corrected chi connectivity index (χ3v) is 3.96. The number of anilines is 1. The van der Waals surface area contributed by atoms with E-state index in [1.165, 1.54) is 6.20 Å². The number of aliphatic hydroxyl groups excluding tert-OH is 1. The summed E-state index contributed by atoms with van der Waals surface area (Å²) in [6.07, 6.45) is 6.65. The Morgan fingerprint density at radius 2 is 2.22 bits per heavy atom. The van der Waals surface area contributed by atoms with Crippen LogP contribution >= 0.6 is 0 Å². The zero-order valence-electron chi connectivity index (χ0n) is 14.2. The number of rotatable bonds is 7. The lowest BCUT2D eigenvalue weighted by molar-refractivity contribution is 0.269. The quantitative estimate of drug-likeness (QED) is 0.365. The second kappa shape index (κ2) is 7.25. The van der Waals surface area contributed by atoms with Gasteiger partial charge in [-0.25, -0.2) is 20.5 Å². The van der Waals surface area contributed by atoms with E-state index >= 15 is 0 Å². The topological polar surface area (TPSA) is 154 Å². The molecule has 0 fully saturated rings. The van der Waals surface area contributed by atoms with Crippen LogP contribution in [-0.2, 0) is 13.1 Å². The van der Waals surface area contributed by atoms with Crippen LogP contribution in [0.25, 0.3) is 22.3 Å². The maximum atomic E-state index is 9.00. The van der Waals surface area contributed by atoms with Crippen LogP contribution in [0.4, 0.5) is 11.6 Å². The Hall–Kier alpha value is -3.73. The number of aliphatic hydroxyl groups is 1. The van der Waals surface area contributed by atoms with Crippen LogP contribution in [0.5, 0.6) is 0 Å². The molecule has 0 aliphatic carbocycles. The predicted octanol–water partition coefficient (Wildman–Crippen LogP) is 1.88. The van der Waals surface area contributed by atoms with Gasteiger partial charge in [-0.2, -0.15) is 10.2 Å². The third kappa shape index (κ3) is 3.35. The van der Waals surface area contributed by atoms with E-state index in [-0.39, 0.29) is 12.4 Å². The average Bonchev–Trinajstić information content (AvgIpc) is 3.33. The number of aromatic amines is 1. The standard InChI is InChI=1S/C16H16N10O/c17-23-16-15(19-8-13-11-2-1-3-18-14(11)25-24-13)22-12(7-20-16)10-6-21-26(9-10)4-5-27/h1-3,6-7,9,17,27H,4-5,8H2,(H,19,22)(H,18,24,25). The molecule has 4 aromatic rings. The fourth-order valence-electron chi connectivity index (χ4n) is 2.65. The molecule has 4 rings (SSSR count). The Morgan fingerprint density at radius 3 is 3.07 bits per heavy atom. The second-order valence-electron chi connectivity index (χ2n) is 5.68. The van der Waals surface area contributed by atoms with E-state index < -0.39 is 0 Å². The number of nitrogens with zero attached hydrogens (tertiary/aromatic N) is 7. The molecule has 0 aliphatic rings. The first kappa shape index (κ1) is 16.7. The van der Waals surface area contributed by atoms with Crippen molar-refractivity contribution in [1.29, 1.82) is 5.53 Å². The van der Waals surface area contributed by atoms with Gasteiger partial charge < -0.3 is 10.4 Å². The Labute approximate surface area is 153 Å². The molecule has 0 amide bonds. The molecule has 0 aromatic carbocycles. The largest absolute Gasteiger partial charge is 0.394 e. The Kier molecular flexibility index (Phi) is 4.49. The minimum atomic E-state index is 0.00272. The van der Waals surface area contributed by atoms with Gasteiger partial charge in [0.1, 0.15) is 0 Å². The smallest absolute Gasteiger partial charge is 0.216 e. The molecular weight excluding hydrogens is 348 g/mol. The normalized spacial score (nSPS) is 11.0. The zero-order valence-corrected chi connectivity index (χ0v) is 14.2. The molecule has 4 N–H and O–H groups in total. The summed E-state index contributed by atoms with van der Waals surface area (Å²) in [6.45, 7) is 0.776. The molecule has 11 nitrogen and oxygen atoms in total. The molecule has 27 heavy (non-hydrogen) atoms. The molecule has 4 heterocycles. The van der Waals surface area contributed by atoms with Gasteiger partial charge >= 0.3 is 0 Å². The summed E-state index contributed by atoms with van der Waals surface area (Å²) in [5, 5.41) is 27.8. The summed E-state index contributed by atoms with van der Waals surface area (Å²) < 4.78 is 1.62. The molecule has 136 valence electrons. The predicted molar refractivity (Wildman–Crippen MR) is 96.4 cm³/mol. The van der Waals surface area contributed by atoms with Gasteiger partial charge in [-0.05, 0) is 12.1 Å². The highest BCUT2D eigenvalue weighted by atomic mass is 16.3. The van der Waals surface area contributed by atoms with Crippen LogP contribution in [0.1, 0.15) is 5.69 Å². The van der Waals surface area contributed by atoms with E-state index in [1.807, 2.05) is 12.1 Å². The van der Waals surface area contributed by atoms with Gasteiger partial charge in [-0.3, -0.25) is 9.78 Å². The minimum absolute atomic E-state index is 0.00272. The summed E-state index contributed by atoms with van der Waals surface area (Å²) in [6, 6.07) is 3.77. The summed E-state index contributed by atoms with van der Waals surface area (Å²) in [4.78, 5) is 12.9. The molecule has 0 aliphatic heterocycles. The van der Waals surface area contributed by atoms with Gasteiger partial charge in [0.05, 0.1) is 43.5 Å². The number of nitrogens with one attached hydrogen (secondary N) is 3. The highest BCUT2D eigenvalue weighted by Crippen LogP contribution is 2.25. The number of hydrogen-bond donors (Lipinski definition) is 4. The summed E-state index contributed by atoms with van der Waals surface area (Å²) in [7, 11) is 0. The van der Waals surface area contributed by atoms with Crippen molar-refractivity contribution >= 4 is 22.7 Å². The van der Waals surface area contributed by atoms with Crippen molar-refractivity contribution in [3.63, 3.8) is 0 Å². The molecular formula is C16H16N10O. The van der Waals surface area contributed by atoms with E-state index in [0.717, 1.165) is 16.6 Å². The van der Waals surface area contributed by atoms with E-state index in [2.05, 4.69) is 40.7 Å². The monoisotopic (exact) mass is 364 g/mol. The average molecular weight is 364 g/mol.